The second-order valence-corrected chi connectivity index (χ2v) is 4.05. The molecule has 19 heavy (non-hydrogen) atoms. The van der Waals surface area contributed by atoms with Crippen LogP contribution in [0.1, 0.15) is 31.6 Å². The molecule has 0 radical (unpaired) electrons. The third-order valence-electron chi connectivity index (χ3n) is 2.66. The zero-order chi connectivity index (χ0) is 13.5. The zero-order valence-corrected chi connectivity index (χ0v) is 10.7. The lowest BCUT2D eigenvalue weighted by molar-refractivity contribution is -0.117. The van der Waals surface area contributed by atoms with Crippen LogP contribution in [0, 0.1) is 0 Å². The Balaban J connectivity index is 2.13. The minimum atomic E-state index is -0.297. The molecule has 1 aromatic carbocycles. The lowest BCUT2D eigenvalue weighted by Crippen LogP contribution is -2.24. The second-order valence-electron chi connectivity index (χ2n) is 4.05. The first-order valence-electron chi connectivity index (χ1n) is 6.18. The molecule has 6 heteroatoms. The number of rotatable bonds is 7. The maximum atomic E-state index is 11.2. The van der Waals surface area contributed by atoms with Crippen LogP contribution in [0.5, 0.6) is 0 Å². The van der Waals surface area contributed by atoms with E-state index in [1.54, 1.807) is 18.3 Å². The van der Waals surface area contributed by atoms with Gasteiger partial charge in [0.25, 0.3) is 0 Å². The van der Waals surface area contributed by atoms with Crippen molar-refractivity contribution in [3.8, 4) is 0 Å². The van der Waals surface area contributed by atoms with E-state index < -0.39 is 0 Å². The minimum Gasteiger partial charge on any atom is -0.276 e. The fourth-order valence-electron chi connectivity index (χ4n) is 1.74. The lowest BCUT2D eigenvalue weighted by Gasteiger charge is -2.22. The van der Waals surface area contributed by atoms with E-state index in [2.05, 4.69) is 15.4 Å². The summed E-state index contributed by atoms with van der Waals surface area (Å²) in [7, 11) is 0. The van der Waals surface area contributed by atoms with Gasteiger partial charge in [-0.15, -0.1) is 5.10 Å². The molecule has 1 aromatic heterocycles. The van der Waals surface area contributed by atoms with Crippen molar-refractivity contribution < 1.29 is 9.63 Å². The van der Waals surface area contributed by atoms with E-state index in [9.17, 15) is 4.79 Å². The monoisotopic (exact) mass is 260 g/mol. The Morgan fingerprint density at radius 1 is 1.42 bits per heavy atom. The fourth-order valence-corrected chi connectivity index (χ4v) is 1.74. The average molecular weight is 260 g/mol. The van der Waals surface area contributed by atoms with Crippen LogP contribution in [-0.4, -0.2) is 21.8 Å². The van der Waals surface area contributed by atoms with E-state index in [-0.39, 0.29) is 6.10 Å². The molecule has 0 aliphatic carbocycles. The van der Waals surface area contributed by atoms with Crippen LogP contribution in [0.15, 0.2) is 36.5 Å². The maximum Gasteiger partial charge on any atom is 0.238 e. The first kappa shape index (κ1) is 13.2. The normalized spacial score (nSPS) is 12.1. The SMILES string of the molecule is CCCC(ON(C=O)c1ccccc1)c1c[nH]nn1. The Morgan fingerprint density at radius 2 is 2.21 bits per heavy atom. The molecule has 0 fully saturated rings. The number of amides is 1. The topological polar surface area (TPSA) is 71.1 Å². The van der Waals surface area contributed by atoms with Gasteiger partial charge in [0.05, 0.1) is 5.69 Å². The molecule has 0 aliphatic rings. The molecule has 6 nitrogen and oxygen atoms in total. The Kier molecular flexibility index (Phi) is 4.63. The highest BCUT2D eigenvalue weighted by molar-refractivity contribution is 5.71. The molecule has 0 saturated heterocycles. The molecule has 1 amide bonds. The molecule has 2 rings (SSSR count). The number of aromatic nitrogens is 3. The molecule has 1 N–H and O–H groups in total. The first-order chi connectivity index (χ1) is 9.35. The molecule has 0 saturated carbocycles. The van der Waals surface area contributed by atoms with Gasteiger partial charge in [0.1, 0.15) is 11.8 Å². The molecule has 1 heterocycles. The van der Waals surface area contributed by atoms with Crippen molar-refractivity contribution in [3.05, 3.63) is 42.2 Å². The molecule has 0 aliphatic heterocycles. The largest absolute Gasteiger partial charge is 0.276 e. The predicted molar refractivity (Wildman–Crippen MR) is 70.1 cm³/mol. The van der Waals surface area contributed by atoms with Crippen molar-refractivity contribution >= 4 is 12.1 Å². The standard InChI is InChI=1S/C13H16N4O2/c1-2-6-13(12-9-14-16-15-12)19-17(10-18)11-7-4-3-5-8-11/h3-5,7-10,13H,2,6H2,1H3,(H,14,15,16). The van der Waals surface area contributed by atoms with Gasteiger partial charge < -0.3 is 0 Å². The number of nitrogens with zero attached hydrogens (tertiary/aromatic N) is 3. The summed E-state index contributed by atoms with van der Waals surface area (Å²) in [4.78, 5) is 16.9. The highest BCUT2D eigenvalue weighted by atomic mass is 16.7. The molecular formula is C13H16N4O2. The van der Waals surface area contributed by atoms with Crippen LogP contribution < -0.4 is 5.06 Å². The quantitative estimate of drug-likeness (QED) is 0.612. The van der Waals surface area contributed by atoms with E-state index in [1.807, 2.05) is 25.1 Å². The van der Waals surface area contributed by atoms with Crippen molar-refractivity contribution in [2.45, 2.75) is 25.9 Å². The summed E-state index contributed by atoms with van der Waals surface area (Å²) in [5, 5.41) is 11.5. The summed E-state index contributed by atoms with van der Waals surface area (Å²) < 4.78 is 0. The van der Waals surface area contributed by atoms with Crippen molar-refractivity contribution in [2.75, 3.05) is 5.06 Å². The third kappa shape index (κ3) is 3.38. The van der Waals surface area contributed by atoms with Crippen LogP contribution in [0.3, 0.4) is 0 Å². The van der Waals surface area contributed by atoms with Crippen LogP contribution in [0.25, 0.3) is 0 Å². The Morgan fingerprint density at radius 3 is 2.79 bits per heavy atom. The van der Waals surface area contributed by atoms with Gasteiger partial charge in [0, 0.05) is 6.20 Å². The zero-order valence-electron chi connectivity index (χ0n) is 10.7. The van der Waals surface area contributed by atoms with Gasteiger partial charge in [-0.05, 0) is 18.6 Å². The summed E-state index contributed by atoms with van der Waals surface area (Å²) >= 11 is 0. The smallest absolute Gasteiger partial charge is 0.238 e. The number of hydrogen-bond acceptors (Lipinski definition) is 4. The van der Waals surface area contributed by atoms with Gasteiger partial charge in [0.2, 0.25) is 6.41 Å². The summed E-state index contributed by atoms with van der Waals surface area (Å²) in [6.07, 6.45) is 3.70. The van der Waals surface area contributed by atoms with E-state index >= 15 is 0 Å². The third-order valence-corrected chi connectivity index (χ3v) is 2.66. The van der Waals surface area contributed by atoms with Gasteiger partial charge in [-0.2, -0.15) is 5.06 Å². The number of carbonyl (C=O) groups is 1. The Bertz CT molecular complexity index is 487. The van der Waals surface area contributed by atoms with Crippen molar-refractivity contribution in [2.24, 2.45) is 0 Å². The number of benzene rings is 1. The summed E-state index contributed by atoms with van der Waals surface area (Å²) in [6.45, 7) is 2.05. The number of hydrogen-bond donors (Lipinski definition) is 1. The Hall–Kier alpha value is -2.21. The Labute approximate surface area is 111 Å². The van der Waals surface area contributed by atoms with E-state index in [0.717, 1.165) is 12.8 Å². The molecule has 100 valence electrons. The van der Waals surface area contributed by atoms with Crippen molar-refractivity contribution in [1.29, 1.82) is 0 Å². The molecule has 2 aromatic rings. The van der Waals surface area contributed by atoms with Crippen molar-refractivity contribution in [3.63, 3.8) is 0 Å². The van der Waals surface area contributed by atoms with Gasteiger partial charge >= 0.3 is 0 Å². The van der Waals surface area contributed by atoms with Gasteiger partial charge in [-0.1, -0.05) is 36.8 Å². The number of hydroxylamine groups is 1. The highest BCUT2D eigenvalue weighted by Gasteiger charge is 2.19. The number of para-hydroxylation sites is 1. The number of anilines is 1. The number of nitrogens with one attached hydrogen (secondary N) is 1. The van der Waals surface area contributed by atoms with Gasteiger partial charge in [-0.25, -0.2) is 0 Å². The van der Waals surface area contributed by atoms with E-state index in [4.69, 9.17) is 4.84 Å². The van der Waals surface area contributed by atoms with Gasteiger partial charge in [0.15, 0.2) is 0 Å². The van der Waals surface area contributed by atoms with Crippen LogP contribution >= 0.6 is 0 Å². The number of aromatic amines is 1. The second kappa shape index (κ2) is 6.65. The van der Waals surface area contributed by atoms with Crippen LogP contribution in [0.2, 0.25) is 0 Å². The van der Waals surface area contributed by atoms with Crippen LogP contribution in [0.4, 0.5) is 5.69 Å². The molecule has 1 unspecified atom stereocenters. The highest BCUT2D eigenvalue weighted by Crippen LogP contribution is 2.24. The summed E-state index contributed by atoms with van der Waals surface area (Å²) in [6, 6.07) is 9.19. The van der Waals surface area contributed by atoms with E-state index in [0.29, 0.717) is 17.8 Å². The molecule has 0 spiro atoms. The van der Waals surface area contributed by atoms with Crippen LogP contribution in [-0.2, 0) is 9.63 Å². The minimum absolute atomic E-state index is 0.297. The summed E-state index contributed by atoms with van der Waals surface area (Å²) in [5.74, 6) is 0. The lowest BCUT2D eigenvalue weighted by atomic mass is 10.1. The van der Waals surface area contributed by atoms with Crippen molar-refractivity contribution in [1.82, 2.24) is 15.4 Å². The maximum absolute atomic E-state index is 11.2. The van der Waals surface area contributed by atoms with E-state index in [1.165, 1.54) is 5.06 Å². The molecule has 0 bridgehead atoms. The number of carbonyl (C=O) groups excluding carboxylic acids is 1. The van der Waals surface area contributed by atoms with Gasteiger partial charge in [-0.3, -0.25) is 14.7 Å². The molecule has 1 atom stereocenters. The summed E-state index contributed by atoms with van der Waals surface area (Å²) in [5.41, 5.74) is 1.37. The first-order valence-corrected chi connectivity index (χ1v) is 6.18. The fraction of sp³-hybridized carbons (Fsp3) is 0.308. The average Bonchev–Trinajstić information content (AvgIpc) is 2.98. The molecular weight excluding hydrogens is 244 g/mol. The number of H-pyrrole nitrogens is 1. The predicted octanol–water partition coefficient (Wildman–Crippen LogP) is 2.24.